The number of para-hydroxylation sites is 1. The van der Waals surface area contributed by atoms with E-state index >= 15 is 0 Å². The number of nitrogens with one attached hydrogen (secondary N) is 2. The van der Waals surface area contributed by atoms with E-state index in [0.717, 1.165) is 18.4 Å². The van der Waals surface area contributed by atoms with E-state index < -0.39 is 0 Å². The molecule has 1 atom stereocenters. The van der Waals surface area contributed by atoms with Crippen molar-refractivity contribution in [2.24, 2.45) is 0 Å². The summed E-state index contributed by atoms with van der Waals surface area (Å²) in [6.07, 6.45) is 4.48. The lowest BCUT2D eigenvalue weighted by Gasteiger charge is -2.16. The Bertz CT molecular complexity index is 1070. The Morgan fingerprint density at radius 2 is 1.81 bits per heavy atom. The van der Waals surface area contributed by atoms with Gasteiger partial charge < -0.3 is 10.6 Å². The molecule has 0 saturated heterocycles. The fourth-order valence-electron chi connectivity index (χ4n) is 3.86. The van der Waals surface area contributed by atoms with E-state index in [1.807, 2.05) is 41.9 Å². The number of tetrazole rings is 1. The molecule has 0 unspecified atom stereocenters. The number of thioether (sulfide) groups is 1. The van der Waals surface area contributed by atoms with Crippen molar-refractivity contribution in [2.75, 3.05) is 11.1 Å². The van der Waals surface area contributed by atoms with Gasteiger partial charge in [-0.05, 0) is 47.9 Å². The van der Waals surface area contributed by atoms with Gasteiger partial charge in [-0.1, -0.05) is 67.1 Å². The second-order valence-corrected chi connectivity index (χ2v) is 8.78. The number of nitrogens with zero attached hydrogens (tertiary/aromatic N) is 4. The number of rotatable bonds is 8. The second-order valence-electron chi connectivity index (χ2n) is 7.83. The SMILES string of the molecule is C[C@H](NC(=O)c1ccccc1NC(=O)CSc1nnnn1C1CCCC1)c1ccccc1. The lowest BCUT2D eigenvalue weighted by Crippen LogP contribution is -2.28. The van der Waals surface area contributed by atoms with Crippen molar-refractivity contribution < 1.29 is 9.59 Å². The Morgan fingerprint density at radius 1 is 1.09 bits per heavy atom. The zero-order chi connectivity index (χ0) is 22.3. The summed E-state index contributed by atoms with van der Waals surface area (Å²) in [6, 6.07) is 16.9. The van der Waals surface area contributed by atoms with Crippen LogP contribution in [0.3, 0.4) is 0 Å². The van der Waals surface area contributed by atoms with Gasteiger partial charge in [-0.15, -0.1) is 5.10 Å². The lowest BCUT2D eigenvalue weighted by molar-refractivity contribution is -0.113. The first-order chi connectivity index (χ1) is 15.6. The Labute approximate surface area is 191 Å². The minimum Gasteiger partial charge on any atom is -0.345 e. The molecule has 32 heavy (non-hydrogen) atoms. The van der Waals surface area contributed by atoms with Crippen LogP contribution < -0.4 is 10.6 Å². The summed E-state index contributed by atoms with van der Waals surface area (Å²) >= 11 is 1.30. The number of aromatic nitrogens is 4. The molecule has 3 aromatic rings. The zero-order valence-electron chi connectivity index (χ0n) is 17.9. The van der Waals surface area contributed by atoms with Crippen LogP contribution in [0.15, 0.2) is 59.8 Å². The number of carbonyl (C=O) groups is 2. The average Bonchev–Trinajstić information content (AvgIpc) is 3.50. The van der Waals surface area contributed by atoms with Gasteiger partial charge in [-0.3, -0.25) is 9.59 Å². The van der Waals surface area contributed by atoms with Gasteiger partial charge in [-0.2, -0.15) is 0 Å². The van der Waals surface area contributed by atoms with E-state index in [1.54, 1.807) is 24.3 Å². The topological polar surface area (TPSA) is 102 Å². The molecule has 1 fully saturated rings. The van der Waals surface area contributed by atoms with Crippen LogP contribution in [0.25, 0.3) is 0 Å². The molecule has 2 N–H and O–H groups in total. The van der Waals surface area contributed by atoms with Crippen molar-refractivity contribution >= 4 is 29.3 Å². The molecule has 1 aliphatic rings. The van der Waals surface area contributed by atoms with Gasteiger partial charge in [0.25, 0.3) is 5.91 Å². The summed E-state index contributed by atoms with van der Waals surface area (Å²) in [4.78, 5) is 25.5. The van der Waals surface area contributed by atoms with Gasteiger partial charge in [0.15, 0.2) is 0 Å². The Kier molecular flexibility index (Phi) is 7.16. The van der Waals surface area contributed by atoms with Gasteiger partial charge in [0.2, 0.25) is 11.1 Å². The van der Waals surface area contributed by atoms with Crippen LogP contribution >= 0.6 is 11.8 Å². The summed E-state index contributed by atoms with van der Waals surface area (Å²) in [6.45, 7) is 1.93. The maximum Gasteiger partial charge on any atom is 0.253 e. The van der Waals surface area contributed by atoms with Crippen molar-refractivity contribution in [3.05, 3.63) is 65.7 Å². The first-order valence-corrected chi connectivity index (χ1v) is 11.8. The summed E-state index contributed by atoms with van der Waals surface area (Å²) in [5, 5.41) is 18.4. The highest BCUT2D eigenvalue weighted by atomic mass is 32.2. The first-order valence-electron chi connectivity index (χ1n) is 10.8. The molecule has 2 amide bonds. The molecule has 1 saturated carbocycles. The van der Waals surface area contributed by atoms with Crippen molar-refractivity contribution in [1.29, 1.82) is 0 Å². The average molecular weight is 451 g/mol. The Hall–Kier alpha value is -3.20. The van der Waals surface area contributed by atoms with Gasteiger partial charge in [-0.25, -0.2) is 4.68 Å². The van der Waals surface area contributed by atoms with E-state index in [1.165, 1.54) is 24.6 Å². The highest BCUT2D eigenvalue weighted by Crippen LogP contribution is 2.31. The number of amides is 2. The molecule has 9 heteroatoms. The number of hydrogen-bond donors (Lipinski definition) is 2. The fraction of sp³-hybridized carbons (Fsp3) is 0.348. The quantitative estimate of drug-likeness (QED) is 0.503. The molecule has 0 spiro atoms. The highest BCUT2D eigenvalue weighted by molar-refractivity contribution is 7.99. The van der Waals surface area contributed by atoms with Crippen LogP contribution in [-0.2, 0) is 4.79 Å². The van der Waals surface area contributed by atoms with Crippen LogP contribution in [0.5, 0.6) is 0 Å². The first kappa shape index (κ1) is 22.0. The van der Waals surface area contributed by atoms with Gasteiger partial charge in [0, 0.05) is 0 Å². The van der Waals surface area contributed by atoms with Crippen molar-refractivity contribution in [3.8, 4) is 0 Å². The predicted octanol–water partition coefficient (Wildman–Crippen LogP) is 4.01. The standard InChI is InChI=1S/C23H26N6O2S/c1-16(17-9-3-2-4-10-17)24-22(31)19-13-7-8-14-20(19)25-21(30)15-32-23-26-27-28-29(23)18-11-5-6-12-18/h2-4,7-10,13-14,16,18H,5-6,11-12,15H2,1H3,(H,24,31)(H,25,30)/t16-/m0/s1. The normalized spacial score (nSPS) is 14.8. The van der Waals surface area contributed by atoms with Crippen LogP contribution in [-0.4, -0.2) is 37.8 Å². The molecule has 4 rings (SSSR count). The van der Waals surface area contributed by atoms with Crippen LogP contribution in [0.4, 0.5) is 5.69 Å². The molecule has 0 bridgehead atoms. The largest absolute Gasteiger partial charge is 0.345 e. The van der Waals surface area contributed by atoms with E-state index in [2.05, 4.69) is 26.2 Å². The lowest BCUT2D eigenvalue weighted by atomic mass is 10.1. The van der Waals surface area contributed by atoms with Crippen LogP contribution in [0.2, 0.25) is 0 Å². The highest BCUT2D eigenvalue weighted by Gasteiger charge is 2.22. The molecule has 166 valence electrons. The third-order valence-electron chi connectivity index (χ3n) is 5.56. The van der Waals surface area contributed by atoms with E-state index in [9.17, 15) is 9.59 Å². The van der Waals surface area contributed by atoms with E-state index in [4.69, 9.17) is 0 Å². The number of benzene rings is 2. The van der Waals surface area contributed by atoms with Crippen LogP contribution in [0.1, 0.15) is 60.6 Å². The molecular weight excluding hydrogens is 424 g/mol. The molecule has 2 aromatic carbocycles. The Morgan fingerprint density at radius 3 is 2.59 bits per heavy atom. The Balaban J connectivity index is 1.37. The molecule has 1 aromatic heterocycles. The van der Waals surface area contributed by atoms with E-state index in [0.29, 0.717) is 22.4 Å². The van der Waals surface area contributed by atoms with Gasteiger partial charge in [0.05, 0.1) is 29.1 Å². The summed E-state index contributed by atoms with van der Waals surface area (Å²) in [5.74, 6) is -0.300. The molecular formula is C23H26N6O2S. The fourth-order valence-corrected chi connectivity index (χ4v) is 4.61. The zero-order valence-corrected chi connectivity index (χ0v) is 18.7. The van der Waals surface area contributed by atoms with Crippen molar-refractivity contribution in [1.82, 2.24) is 25.5 Å². The van der Waals surface area contributed by atoms with Gasteiger partial charge in [0.1, 0.15) is 0 Å². The minimum atomic E-state index is -0.241. The summed E-state index contributed by atoms with van der Waals surface area (Å²) < 4.78 is 1.83. The number of carbonyl (C=O) groups excluding carboxylic acids is 2. The van der Waals surface area contributed by atoms with Crippen molar-refractivity contribution in [2.45, 2.75) is 49.8 Å². The molecule has 0 aliphatic heterocycles. The summed E-state index contributed by atoms with van der Waals surface area (Å²) in [7, 11) is 0. The number of anilines is 1. The maximum absolute atomic E-state index is 12.9. The molecule has 1 aliphatic carbocycles. The van der Waals surface area contributed by atoms with E-state index in [-0.39, 0.29) is 23.6 Å². The van der Waals surface area contributed by atoms with Crippen LogP contribution in [0, 0.1) is 0 Å². The predicted molar refractivity (Wildman–Crippen MR) is 123 cm³/mol. The monoisotopic (exact) mass is 450 g/mol. The molecule has 0 radical (unpaired) electrons. The number of hydrogen-bond acceptors (Lipinski definition) is 6. The minimum absolute atomic E-state index is 0.155. The summed E-state index contributed by atoms with van der Waals surface area (Å²) in [5.41, 5.74) is 1.91. The smallest absolute Gasteiger partial charge is 0.253 e. The third kappa shape index (κ3) is 5.34. The van der Waals surface area contributed by atoms with Crippen molar-refractivity contribution in [3.63, 3.8) is 0 Å². The molecule has 8 nitrogen and oxygen atoms in total. The maximum atomic E-state index is 12.9. The second kappa shape index (κ2) is 10.4. The third-order valence-corrected chi connectivity index (χ3v) is 6.49. The van der Waals surface area contributed by atoms with Gasteiger partial charge >= 0.3 is 0 Å². The molecule has 1 heterocycles.